The molecule has 19 heavy (non-hydrogen) atoms. The summed E-state index contributed by atoms with van der Waals surface area (Å²) in [6.07, 6.45) is 2.68. The van der Waals surface area contributed by atoms with E-state index < -0.39 is 6.10 Å². The van der Waals surface area contributed by atoms with Gasteiger partial charge in [-0.15, -0.1) is 0 Å². The molecule has 1 atom stereocenters. The molecule has 1 unspecified atom stereocenters. The Morgan fingerprint density at radius 1 is 1.32 bits per heavy atom. The molecule has 106 valence electrons. The molecular formula is C16H24O3. The first kappa shape index (κ1) is 14.4. The highest BCUT2D eigenvalue weighted by atomic mass is 16.5. The van der Waals surface area contributed by atoms with Crippen LogP contribution in [0.4, 0.5) is 0 Å². The summed E-state index contributed by atoms with van der Waals surface area (Å²) in [5.41, 5.74) is 0.949. The van der Waals surface area contributed by atoms with Crippen LogP contribution in [0.25, 0.3) is 0 Å². The number of rotatable bonds is 5. The zero-order valence-corrected chi connectivity index (χ0v) is 11.8. The Balaban J connectivity index is 1.95. The molecule has 0 amide bonds. The van der Waals surface area contributed by atoms with Gasteiger partial charge in [-0.3, -0.25) is 0 Å². The van der Waals surface area contributed by atoms with E-state index in [1.54, 1.807) is 0 Å². The van der Waals surface area contributed by atoms with E-state index in [1.165, 1.54) is 0 Å². The van der Waals surface area contributed by atoms with Gasteiger partial charge in [-0.2, -0.15) is 0 Å². The lowest BCUT2D eigenvalue weighted by molar-refractivity contribution is 0.0434. The average Bonchev–Trinajstić information content (AvgIpc) is 2.39. The van der Waals surface area contributed by atoms with E-state index in [2.05, 4.69) is 0 Å². The Bertz CT molecular complexity index is 383. The summed E-state index contributed by atoms with van der Waals surface area (Å²) in [7, 11) is 0. The second-order valence-corrected chi connectivity index (χ2v) is 5.55. The number of hydrogen-bond acceptors (Lipinski definition) is 3. The number of aliphatic hydroxyl groups excluding tert-OH is 1. The Labute approximate surface area is 115 Å². The highest BCUT2D eigenvalue weighted by molar-refractivity contribution is 5.30. The van der Waals surface area contributed by atoms with Crippen LogP contribution in [0.3, 0.4) is 0 Å². The van der Waals surface area contributed by atoms with Crippen LogP contribution in [0.1, 0.15) is 44.8 Å². The van der Waals surface area contributed by atoms with Gasteiger partial charge in [-0.1, -0.05) is 12.1 Å². The zero-order chi connectivity index (χ0) is 13.7. The third-order valence-corrected chi connectivity index (χ3v) is 3.51. The van der Waals surface area contributed by atoms with Crippen LogP contribution in [-0.4, -0.2) is 24.4 Å². The van der Waals surface area contributed by atoms with Crippen LogP contribution >= 0.6 is 0 Å². The lowest BCUT2D eigenvalue weighted by Gasteiger charge is -2.24. The van der Waals surface area contributed by atoms with Gasteiger partial charge in [-0.05, 0) is 56.7 Å². The van der Waals surface area contributed by atoms with Gasteiger partial charge in [0.25, 0.3) is 0 Å². The molecule has 3 nitrogen and oxygen atoms in total. The smallest absolute Gasteiger partial charge is 0.120 e. The van der Waals surface area contributed by atoms with Crippen LogP contribution in [0, 0.1) is 5.92 Å². The summed E-state index contributed by atoms with van der Waals surface area (Å²) < 4.78 is 11.0. The number of hydrogen-bond donors (Lipinski definition) is 1. The summed E-state index contributed by atoms with van der Waals surface area (Å²) in [4.78, 5) is 0. The van der Waals surface area contributed by atoms with Crippen LogP contribution in [0.2, 0.25) is 0 Å². The standard InChI is InChI=1S/C16H24O3/c1-12(2)19-15-5-3-4-14(11-15)16(17)10-13-6-8-18-9-7-13/h3-5,11-13,16-17H,6-10H2,1-2H3. The van der Waals surface area contributed by atoms with Crippen molar-refractivity contribution in [3.8, 4) is 5.75 Å². The van der Waals surface area contributed by atoms with E-state index in [9.17, 15) is 5.11 Å². The molecule has 1 aliphatic heterocycles. The second kappa shape index (κ2) is 6.92. The first-order chi connectivity index (χ1) is 9.15. The Kier molecular flexibility index (Phi) is 5.23. The van der Waals surface area contributed by atoms with Crippen molar-refractivity contribution < 1.29 is 14.6 Å². The van der Waals surface area contributed by atoms with Crippen molar-refractivity contribution in [2.45, 2.75) is 45.3 Å². The van der Waals surface area contributed by atoms with Crippen molar-refractivity contribution in [2.24, 2.45) is 5.92 Å². The number of ether oxygens (including phenoxy) is 2. The molecule has 0 aliphatic carbocycles. The molecule has 0 radical (unpaired) electrons. The zero-order valence-electron chi connectivity index (χ0n) is 11.8. The molecule has 3 heteroatoms. The van der Waals surface area contributed by atoms with E-state index in [0.29, 0.717) is 5.92 Å². The van der Waals surface area contributed by atoms with Gasteiger partial charge in [0.1, 0.15) is 5.75 Å². The minimum Gasteiger partial charge on any atom is -0.491 e. The van der Waals surface area contributed by atoms with Gasteiger partial charge in [-0.25, -0.2) is 0 Å². The molecule has 1 aliphatic rings. The van der Waals surface area contributed by atoms with Crippen LogP contribution in [0.5, 0.6) is 5.75 Å². The summed E-state index contributed by atoms with van der Waals surface area (Å²) in [6, 6.07) is 7.80. The van der Waals surface area contributed by atoms with Crippen molar-refractivity contribution in [1.29, 1.82) is 0 Å². The quantitative estimate of drug-likeness (QED) is 0.886. The van der Waals surface area contributed by atoms with E-state index in [4.69, 9.17) is 9.47 Å². The molecule has 2 rings (SSSR count). The molecule has 0 saturated carbocycles. The summed E-state index contributed by atoms with van der Waals surface area (Å²) in [5.74, 6) is 1.40. The Morgan fingerprint density at radius 3 is 2.74 bits per heavy atom. The molecule has 0 bridgehead atoms. The summed E-state index contributed by atoms with van der Waals surface area (Å²) in [5, 5.41) is 10.3. The van der Waals surface area contributed by atoms with Gasteiger partial charge in [0, 0.05) is 13.2 Å². The van der Waals surface area contributed by atoms with Gasteiger partial charge in [0.2, 0.25) is 0 Å². The molecule has 1 heterocycles. The molecule has 1 aromatic carbocycles. The Hall–Kier alpha value is -1.06. The van der Waals surface area contributed by atoms with Crippen molar-refractivity contribution in [2.75, 3.05) is 13.2 Å². The molecule has 1 N–H and O–H groups in total. The first-order valence-electron chi connectivity index (χ1n) is 7.17. The molecule has 1 aromatic rings. The van der Waals surface area contributed by atoms with Crippen molar-refractivity contribution in [1.82, 2.24) is 0 Å². The monoisotopic (exact) mass is 264 g/mol. The molecular weight excluding hydrogens is 240 g/mol. The highest BCUT2D eigenvalue weighted by Gasteiger charge is 2.19. The lowest BCUT2D eigenvalue weighted by atomic mass is 9.91. The Morgan fingerprint density at radius 2 is 2.05 bits per heavy atom. The predicted octanol–water partition coefficient (Wildman–Crippen LogP) is 3.32. The van der Waals surface area contributed by atoms with E-state index in [-0.39, 0.29) is 6.10 Å². The maximum atomic E-state index is 10.3. The van der Waals surface area contributed by atoms with Gasteiger partial charge in [0.15, 0.2) is 0 Å². The SMILES string of the molecule is CC(C)Oc1cccc(C(O)CC2CCOCC2)c1. The van der Waals surface area contributed by atoms with E-state index in [1.807, 2.05) is 38.1 Å². The van der Waals surface area contributed by atoms with E-state index >= 15 is 0 Å². The number of aliphatic hydroxyl groups is 1. The molecule has 0 aromatic heterocycles. The molecule has 0 spiro atoms. The molecule has 1 saturated heterocycles. The van der Waals surface area contributed by atoms with E-state index in [0.717, 1.165) is 43.8 Å². The molecule has 1 fully saturated rings. The van der Waals surface area contributed by atoms with Crippen molar-refractivity contribution >= 4 is 0 Å². The van der Waals surface area contributed by atoms with Gasteiger partial charge < -0.3 is 14.6 Å². The highest BCUT2D eigenvalue weighted by Crippen LogP contribution is 2.29. The topological polar surface area (TPSA) is 38.7 Å². The van der Waals surface area contributed by atoms with Crippen LogP contribution in [-0.2, 0) is 4.74 Å². The number of benzene rings is 1. The fourth-order valence-electron chi connectivity index (χ4n) is 2.50. The van der Waals surface area contributed by atoms with Gasteiger partial charge in [0.05, 0.1) is 12.2 Å². The third kappa shape index (κ3) is 4.51. The summed E-state index contributed by atoms with van der Waals surface area (Å²) in [6.45, 7) is 5.66. The fourth-order valence-corrected chi connectivity index (χ4v) is 2.50. The maximum Gasteiger partial charge on any atom is 0.120 e. The minimum absolute atomic E-state index is 0.155. The second-order valence-electron chi connectivity index (χ2n) is 5.55. The van der Waals surface area contributed by atoms with Gasteiger partial charge >= 0.3 is 0 Å². The van der Waals surface area contributed by atoms with Crippen molar-refractivity contribution in [3.63, 3.8) is 0 Å². The van der Waals surface area contributed by atoms with Crippen LogP contribution in [0.15, 0.2) is 24.3 Å². The van der Waals surface area contributed by atoms with Crippen LogP contribution < -0.4 is 4.74 Å². The third-order valence-electron chi connectivity index (χ3n) is 3.51. The normalized spacial score (nSPS) is 18.5. The fraction of sp³-hybridized carbons (Fsp3) is 0.625. The predicted molar refractivity (Wildman–Crippen MR) is 75.3 cm³/mol. The maximum absolute atomic E-state index is 10.3. The lowest BCUT2D eigenvalue weighted by Crippen LogP contribution is -2.18. The average molecular weight is 264 g/mol. The summed E-state index contributed by atoms with van der Waals surface area (Å²) >= 11 is 0. The minimum atomic E-state index is -0.404. The largest absolute Gasteiger partial charge is 0.491 e. The van der Waals surface area contributed by atoms with Crippen molar-refractivity contribution in [3.05, 3.63) is 29.8 Å². The first-order valence-corrected chi connectivity index (χ1v) is 7.17.